The Labute approximate surface area is 203 Å². The summed E-state index contributed by atoms with van der Waals surface area (Å²) in [6, 6.07) is 4.13. The number of amides is 2. The van der Waals surface area contributed by atoms with E-state index in [1.54, 1.807) is 22.7 Å². The number of carbonyl (C=O) groups is 2. The molecule has 10 nitrogen and oxygen atoms in total. The monoisotopic (exact) mass is 473 g/mol. The van der Waals surface area contributed by atoms with Crippen LogP contribution in [-0.2, 0) is 9.59 Å². The third-order valence-electron chi connectivity index (χ3n) is 7.03. The molecule has 2 saturated heterocycles. The number of fused-ring (bicyclic) bond motifs is 1. The highest BCUT2D eigenvalue weighted by molar-refractivity contribution is 5.87. The van der Waals surface area contributed by atoms with E-state index in [0.29, 0.717) is 55.9 Å². The zero-order chi connectivity index (χ0) is 24.5. The van der Waals surface area contributed by atoms with Gasteiger partial charge in [0.15, 0.2) is 0 Å². The summed E-state index contributed by atoms with van der Waals surface area (Å²) in [6.45, 7) is 6.06. The first-order valence-electron chi connectivity index (χ1n) is 11.7. The van der Waals surface area contributed by atoms with E-state index >= 15 is 0 Å². The maximum absolute atomic E-state index is 13.1. The molecule has 180 valence electrons. The van der Waals surface area contributed by atoms with Gasteiger partial charge in [0.25, 0.3) is 0 Å². The number of carbonyl (C=O) groups excluding carboxylic acids is 2. The summed E-state index contributed by atoms with van der Waals surface area (Å²) in [7, 11) is 1.57. The number of rotatable bonds is 5. The van der Waals surface area contributed by atoms with E-state index in [4.69, 9.17) is 4.74 Å². The lowest BCUT2D eigenvalue weighted by Gasteiger charge is -2.32. The molecule has 5 heterocycles. The number of hydrogen-bond acceptors (Lipinski definition) is 6. The third kappa shape index (κ3) is 4.14. The van der Waals surface area contributed by atoms with E-state index in [0.717, 1.165) is 17.5 Å². The molecule has 3 aromatic rings. The van der Waals surface area contributed by atoms with Crippen LogP contribution in [0, 0.1) is 17.2 Å². The SMILES string of the molecule is C=CC(=O)N1CCC(C(=O)N2CC[C@@H](n3cc(-c4cc(OC)c5c(C#N)cnn5c4)cn3)C2)CC1. The average Bonchev–Trinajstić information content (AvgIpc) is 3.66. The Morgan fingerprint density at radius 2 is 1.89 bits per heavy atom. The van der Waals surface area contributed by atoms with Crippen molar-refractivity contribution in [1.29, 1.82) is 5.26 Å². The summed E-state index contributed by atoms with van der Waals surface area (Å²) in [5.74, 6) is 0.638. The molecular formula is C25H27N7O3. The molecule has 0 unspecified atom stereocenters. The van der Waals surface area contributed by atoms with Crippen LogP contribution in [0.5, 0.6) is 5.75 Å². The van der Waals surface area contributed by atoms with Crippen LogP contribution in [0.3, 0.4) is 0 Å². The Balaban J connectivity index is 1.27. The van der Waals surface area contributed by atoms with Crippen LogP contribution in [0.4, 0.5) is 0 Å². The number of hydrogen-bond donors (Lipinski definition) is 0. The minimum absolute atomic E-state index is 0.0395. The van der Waals surface area contributed by atoms with Crippen LogP contribution >= 0.6 is 0 Å². The Hall–Kier alpha value is -4.13. The number of methoxy groups -OCH3 is 1. The van der Waals surface area contributed by atoms with Crippen LogP contribution in [0.2, 0.25) is 0 Å². The molecule has 0 spiro atoms. The molecular weight excluding hydrogens is 446 g/mol. The summed E-state index contributed by atoms with van der Waals surface area (Å²) in [4.78, 5) is 28.6. The number of nitriles is 1. The lowest BCUT2D eigenvalue weighted by Crippen LogP contribution is -2.43. The second-order valence-electron chi connectivity index (χ2n) is 9.00. The second kappa shape index (κ2) is 9.25. The highest BCUT2D eigenvalue weighted by Crippen LogP contribution is 2.31. The smallest absolute Gasteiger partial charge is 0.245 e. The van der Waals surface area contributed by atoms with Crippen molar-refractivity contribution in [2.45, 2.75) is 25.3 Å². The predicted octanol–water partition coefficient (Wildman–Crippen LogP) is 2.28. The van der Waals surface area contributed by atoms with Gasteiger partial charge in [-0.25, -0.2) is 4.52 Å². The van der Waals surface area contributed by atoms with Crippen molar-refractivity contribution in [2.75, 3.05) is 33.3 Å². The molecule has 2 aliphatic heterocycles. The molecule has 5 rings (SSSR count). The van der Waals surface area contributed by atoms with E-state index in [2.05, 4.69) is 22.8 Å². The Kier molecular flexibility index (Phi) is 5.99. The number of pyridine rings is 1. The molecule has 0 aliphatic carbocycles. The maximum atomic E-state index is 13.1. The van der Waals surface area contributed by atoms with Gasteiger partial charge in [0.1, 0.15) is 22.9 Å². The maximum Gasteiger partial charge on any atom is 0.245 e. The molecule has 0 aromatic carbocycles. The molecule has 1 atom stereocenters. The van der Waals surface area contributed by atoms with E-state index < -0.39 is 0 Å². The quantitative estimate of drug-likeness (QED) is 0.526. The van der Waals surface area contributed by atoms with Gasteiger partial charge in [-0.2, -0.15) is 15.5 Å². The van der Waals surface area contributed by atoms with Crippen molar-refractivity contribution in [3.8, 4) is 22.9 Å². The summed E-state index contributed by atoms with van der Waals surface area (Å²) in [5, 5.41) is 18.2. The molecule has 2 amide bonds. The topological polar surface area (TPSA) is 109 Å². The van der Waals surface area contributed by atoms with Gasteiger partial charge in [0.2, 0.25) is 11.8 Å². The first-order chi connectivity index (χ1) is 17.0. The standard InChI is InChI=1S/C25H27N7O3/c1-3-23(33)29-7-4-17(5-8-29)25(34)30-9-6-21(16-30)31-15-20(13-27-31)18-10-22(35-2)24-19(11-26)12-28-32(24)14-18/h3,10,12-15,17,21H,1,4-9,16H2,2H3/t21-/m1/s1. The number of aromatic nitrogens is 4. The van der Waals surface area contributed by atoms with Crippen molar-refractivity contribution in [2.24, 2.45) is 5.92 Å². The predicted molar refractivity (Wildman–Crippen MR) is 127 cm³/mol. The zero-order valence-corrected chi connectivity index (χ0v) is 19.6. The summed E-state index contributed by atoms with van der Waals surface area (Å²) >= 11 is 0. The number of piperidine rings is 1. The van der Waals surface area contributed by atoms with Gasteiger partial charge in [-0.1, -0.05) is 6.58 Å². The summed E-state index contributed by atoms with van der Waals surface area (Å²) in [6.07, 6.45) is 10.7. The average molecular weight is 474 g/mol. The molecule has 0 radical (unpaired) electrons. The lowest BCUT2D eigenvalue weighted by atomic mass is 9.95. The largest absolute Gasteiger partial charge is 0.494 e. The van der Waals surface area contributed by atoms with Gasteiger partial charge in [0.05, 0.1) is 25.5 Å². The van der Waals surface area contributed by atoms with Gasteiger partial charge in [-0.15, -0.1) is 0 Å². The van der Waals surface area contributed by atoms with Crippen molar-refractivity contribution in [3.63, 3.8) is 0 Å². The van der Waals surface area contributed by atoms with Crippen LogP contribution in [-0.4, -0.2) is 74.3 Å². The fourth-order valence-electron chi connectivity index (χ4n) is 5.06. The van der Waals surface area contributed by atoms with Crippen LogP contribution in [0.25, 0.3) is 16.6 Å². The minimum atomic E-state index is -0.0681. The van der Waals surface area contributed by atoms with Crippen molar-refractivity contribution >= 4 is 17.3 Å². The number of nitrogens with zero attached hydrogens (tertiary/aromatic N) is 7. The van der Waals surface area contributed by atoms with E-state index in [-0.39, 0.29) is 23.8 Å². The highest BCUT2D eigenvalue weighted by Gasteiger charge is 2.34. The fraction of sp³-hybridized carbons (Fsp3) is 0.400. The molecule has 3 aromatic heterocycles. The molecule has 10 heteroatoms. The van der Waals surface area contributed by atoms with Gasteiger partial charge in [-0.3, -0.25) is 14.3 Å². The van der Waals surface area contributed by atoms with Gasteiger partial charge < -0.3 is 14.5 Å². The Bertz CT molecular complexity index is 1330. The van der Waals surface area contributed by atoms with E-state index in [1.807, 2.05) is 28.0 Å². The fourth-order valence-corrected chi connectivity index (χ4v) is 5.06. The normalized spacial score (nSPS) is 18.6. The Morgan fingerprint density at radius 3 is 2.60 bits per heavy atom. The van der Waals surface area contributed by atoms with Crippen molar-refractivity contribution in [3.05, 3.63) is 49.1 Å². The summed E-state index contributed by atoms with van der Waals surface area (Å²) in [5.41, 5.74) is 2.87. The van der Waals surface area contributed by atoms with Crippen LogP contribution in [0.1, 0.15) is 30.9 Å². The molecule has 0 bridgehead atoms. The summed E-state index contributed by atoms with van der Waals surface area (Å²) < 4.78 is 9.08. The highest BCUT2D eigenvalue weighted by atomic mass is 16.5. The Morgan fingerprint density at radius 1 is 1.11 bits per heavy atom. The van der Waals surface area contributed by atoms with Gasteiger partial charge in [-0.05, 0) is 31.4 Å². The molecule has 2 aliphatic rings. The van der Waals surface area contributed by atoms with Crippen LogP contribution < -0.4 is 4.74 Å². The minimum Gasteiger partial charge on any atom is -0.494 e. The van der Waals surface area contributed by atoms with Crippen LogP contribution in [0.15, 0.2) is 43.5 Å². The van der Waals surface area contributed by atoms with E-state index in [9.17, 15) is 14.9 Å². The van der Waals surface area contributed by atoms with Crippen molar-refractivity contribution in [1.82, 2.24) is 29.2 Å². The first-order valence-corrected chi connectivity index (χ1v) is 11.7. The molecule has 0 saturated carbocycles. The first kappa shape index (κ1) is 22.7. The number of likely N-dealkylation sites (tertiary alicyclic amines) is 2. The van der Waals surface area contributed by atoms with Crippen molar-refractivity contribution < 1.29 is 14.3 Å². The van der Waals surface area contributed by atoms with Gasteiger partial charge >= 0.3 is 0 Å². The molecule has 0 N–H and O–H groups in total. The number of ether oxygens (including phenoxy) is 1. The van der Waals surface area contributed by atoms with E-state index in [1.165, 1.54) is 12.3 Å². The van der Waals surface area contributed by atoms with Gasteiger partial charge in [0, 0.05) is 55.6 Å². The third-order valence-corrected chi connectivity index (χ3v) is 7.03. The molecule has 2 fully saturated rings. The second-order valence-corrected chi connectivity index (χ2v) is 9.00. The lowest BCUT2D eigenvalue weighted by molar-refractivity contribution is -0.138. The zero-order valence-electron chi connectivity index (χ0n) is 19.6. The molecule has 35 heavy (non-hydrogen) atoms.